The molecule has 2 aromatic heterocycles. The van der Waals surface area contributed by atoms with Crippen molar-refractivity contribution in [3.63, 3.8) is 0 Å². The van der Waals surface area contributed by atoms with Crippen molar-refractivity contribution in [1.82, 2.24) is 9.13 Å². The Morgan fingerprint density at radius 1 is 0.442 bits per heavy atom. The summed E-state index contributed by atoms with van der Waals surface area (Å²) in [4.78, 5) is 0. The van der Waals surface area contributed by atoms with E-state index >= 15 is 0 Å². The third kappa shape index (κ3) is 3.36. The van der Waals surface area contributed by atoms with Gasteiger partial charge in [-0.2, -0.15) is 0 Å². The SMILES string of the molecule is CC1=C(C)c2ccccc2-c2cc(-n3c4ccccc4c4ccc5c6ccccc6n(-c6ccccc6)c5c43)ccc2O1. The minimum atomic E-state index is 0.884. The molecule has 0 unspecified atom stereocenters. The minimum Gasteiger partial charge on any atom is -0.461 e. The highest BCUT2D eigenvalue weighted by Gasteiger charge is 2.23. The fourth-order valence-corrected chi connectivity index (χ4v) is 7.05. The van der Waals surface area contributed by atoms with Gasteiger partial charge in [-0.1, -0.05) is 91.0 Å². The van der Waals surface area contributed by atoms with Crippen molar-refractivity contribution in [1.29, 1.82) is 0 Å². The lowest BCUT2D eigenvalue weighted by molar-refractivity contribution is 0.433. The molecule has 0 amide bonds. The van der Waals surface area contributed by atoms with E-state index in [2.05, 4.69) is 156 Å². The molecule has 1 aliphatic rings. The number of para-hydroxylation sites is 3. The Balaban J connectivity index is 1.45. The highest BCUT2D eigenvalue weighted by atomic mass is 16.5. The standard InChI is InChI=1S/C40H28N2O/c1-25-26(2)43-38-23-20-28(24-35(38)30-15-7-6-14-29(25)30)42-37-19-11-9-17-32(37)34-22-21-33-31-16-8-10-18-36(31)41(39(33)40(34)42)27-12-4-3-5-13-27/h3-24H,1-2H3. The number of benzene rings is 6. The van der Waals surface area contributed by atoms with Crippen LogP contribution in [0.15, 0.2) is 139 Å². The average Bonchev–Trinajstić information content (AvgIpc) is 3.55. The van der Waals surface area contributed by atoms with Gasteiger partial charge in [-0.3, -0.25) is 0 Å². The zero-order valence-corrected chi connectivity index (χ0v) is 24.0. The number of fused-ring (bicyclic) bond motifs is 10. The van der Waals surface area contributed by atoms with Crippen LogP contribution in [-0.4, -0.2) is 9.13 Å². The molecule has 3 heterocycles. The van der Waals surface area contributed by atoms with Gasteiger partial charge in [0.2, 0.25) is 0 Å². The molecule has 0 saturated carbocycles. The molecule has 8 aromatic rings. The van der Waals surface area contributed by atoms with E-state index in [0.717, 1.165) is 28.4 Å². The predicted molar refractivity (Wildman–Crippen MR) is 179 cm³/mol. The van der Waals surface area contributed by atoms with E-state index in [1.165, 1.54) is 60.3 Å². The van der Waals surface area contributed by atoms with Crippen LogP contribution in [0.4, 0.5) is 0 Å². The zero-order valence-electron chi connectivity index (χ0n) is 24.0. The van der Waals surface area contributed by atoms with E-state index in [9.17, 15) is 0 Å². The van der Waals surface area contributed by atoms with Gasteiger partial charge in [-0.05, 0) is 73.0 Å². The van der Waals surface area contributed by atoms with Crippen LogP contribution in [0.5, 0.6) is 5.75 Å². The molecule has 0 radical (unpaired) electrons. The first-order valence-corrected chi connectivity index (χ1v) is 14.8. The largest absolute Gasteiger partial charge is 0.461 e. The molecular formula is C40H28N2O. The predicted octanol–water partition coefficient (Wildman–Crippen LogP) is 10.7. The van der Waals surface area contributed by atoms with E-state index in [0.29, 0.717) is 0 Å². The Morgan fingerprint density at radius 2 is 1.00 bits per heavy atom. The molecule has 0 saturated heterocycles. The smallest absolute Gasteiger partial charge is 0.134 e. The van der Waals surface area contributed by atoms with E-state index < -0.39 is 0 Å². The van der Waals surface area contributed by atoms with Crippen LogP contribution in [-0.2, 0) is 0 Å². The lowest BCUT2D eigenvalue weighted by atomic mass is 9.95. The lowest BCUT2D eigenvalue weighted by Crippen LogP contribution is -1.99. The van der Waals surface area contributed by atoms with Gasteiger partial charge in [0.1, 0.15) is 11.5 Å². The van der Waals surface area contributed by atoms with Crippen molar-refractivity contribution < 1.29 is 4.74 Å². The Morgan fingerprint density at radius 3 is 1.67 bits per heavy atom. The quantitative estimate of drug-likeness (QED) is 0.209. The molecule has 3 nitrogen and oxygen atoms in total. The number of ether oxygens (including phenoxy) is 1. The molecule has 1 aliphatic heterocycles. The molecule has 3 heteroatoms. The highest BCUT2D eigenvalue weighted by molar-refractivity contribution is 6.23. The van der Waals surface area contributed by atoms with E-state index in [1.54, 1.807) is 0 Å². The zero-order chi connectivity index (χ0) is 28.7. The van der Waals surface area contributed by atoms with Gasteiger partial charge in [0.25, 0.3) is 0 Å². The summed E-state index contributed by atoms with van der Waals surface area (Å²) in [6.07, 6.45) is 0. The molecule has 6 aromatic carbocycles. The Kier molecular flexibility index (Phi) is 5.03. The van der Waals surface area contributed by atoms with Crippen LogP contribution in [0.3, 0.4) is 0 Å². The number of hydrogen-bond acceptors (Lipinski definition) is 1. The second-order valence-corrected chi connectivity index (χ2v) is 11.4. The second-order valence-electron chi connectivity index (χ2n) is 11.4. The summed E-state index contributed by atoms with van der Waals surface area (Å²) in [6.45, 7) is 4.20. The van der Waals surface area contributed by atoms with E-state index in [4.69, 9.17) is 4.74 Å². The van der Waals surface area contributed by atoms with Gasteiger partial charge in [0.15, 0.2) is 0 Å². The van der Waals surface area contributed by atoms with Crippen molar-refractivity contribution in [2.75, 3.05) is 0 Å². The van der Waals surface area contributed by atoms with Crippen LogP contribution < -0.4 is 4.74 Å². The molecule has 0 spiro atoms. The molecular weight excluding hydrogens is 524 g/mol. The van der Waals surface area contributed by atoms with Crippen LogP contribution >= 0.6 is 0 Å². The van der Waals surface area contributed by atoms with Crippen LogP contribution in [0.2, 0.25) is 0 Å². The van der Waals surface area contributed by atoms with Gasteiger partial charge >= 0.3 is 0 Å². The van der Waals surface area contributed by atoms with Gasteiger partial charge in [0.05, 0.1) is 22.1 Å². The summed E-state index contributed by atoms with van der Waals surface area (Å²) in [5.74, 6) is 1.82. The third-order valence-electron chi connectivity index (χ3n) is 9.12. The Bertz CT molecular complexity index is 2440. The first-order valence-electron chi connectivity index (χ1n) is 14.8. The normalized spacial score (nSPS) is 13.0. The molecule has 0 bridgehead atoms. The Labute approximate surface area is 249 Å². The highest BCUT2D eigenvalue weighted by Crippen LogP contribution is 2.45. The van der Waals surface area contributed by atoms with Crippen molar-refractivity contribution >= 4 is 49.2 Å². The summed E-state index contributed by atoms with van der Waals surface area (Å²) in [5, 5.41) is 4.98. The molecule has 43 heavy (non-hydrogen) atoms. The van der Waals surface area contributed by atoms with Gasteiger partial charge < -0.3 is 13.9 Å². The topological polar surface area (TPSA) is 19.1 Å². The number of hydrogen-bond donors (Lipinski definition) is 0. The lowest BCUT2D eigenvalue weighted by Gasteiger charge is -2.15. The molecule has 0 fully saturated rings. The third-order valence-corrected chi connectivity index (χ3v) is 9.12. The maximum Gasteiger partial charge on any atom is 0.134 e. The molecule has 204 valence electrons. The second kappa shape index (κ2) is 8.98. The number of nitrogens with zero attached hydrogens (tertiary/aromatic N) is 2. The average molecular weight is 553 g/mol. The number of allylic oxidation sites excluding steroid dienone is 2. The van der Waals surface area contributed by atoms with E-state index in [1.807, 2.05) is 0 Å². The van der Waals surface area contributed by atoms with Gasteiger partial charge in [0, 0.05) is 38.5 Å². The number of aromatic nitrogens is 2. The van der Waals surface area contributed by atoms with Crippen molar-refractivity contribution in [3.8, 4) is 28.3 Å². The summed E-state index contributed by atoms with van der Waals surface area (Å²) >= 11 is 0. The van der Waals surface area contributed by atoms with Crippen molar-refractivity contribution in [2.24, 2.45) is 0 Å². The van der Waals surface area contributed by atoms with Crippen molar-refractivity contribution in [3.05, 3.63) is 145 Å². The molecule has 0 aliphatic carbocycles. The fourth-order valence-electron chi connectivity index (χ4n) is 7.05. The summed E-state index contributed by atoms with van der Waals surface area (Å²) in [7, 11) is 0. The fraction of sp³-hybridized carbons (Fsp3) is 0.0500. The monoisotopic (exact) mass is 552 g/mol. The molecule has 0 atom stereocenters. The van der Waals surface area contributed by atoms with Gasteiger partial charge in [-0.25, -0.2) is 0 Å². The minimum absolute atomic E-state index is 0.884. The van der Waals surface area contributed by atoms with Crippen molar-refractivity contribution in [2.45, 2.75) is 13.8 Å². The Hall–Kier alpha value is -5.54. The first-order chi connectivity index (χ1) is 21.2. The molecule has 9 rings (SSSR count). The van der Waals surface area contributed by atoms with Crippen LogP contribution in [0.1, 0.15) is 19.4 Å². The summed E-state index contributed by atoms with van der Waals surface area (Å²) in [5.41, 5.74) is 11.7. The maximum absolute atomic E-state index is 6.45. The van der Waals surface area contributed by atoms with Crippen LogP contribution in [0.25, 0.3) is 71.7 Å². The molecule has 0 N–H and O–H groups in total. The summed E-state index contributed by atoms with van der Waals surface area (Å²) < 4.78 is 11.3. The maximum atomic E-state index is 6.45. The summed E-state index contributed by atoms with van der Waals surface area (Å²) in [6, 6.07) is 48.1. The number of rotatable bonds is 2. The van der Waals surface area contributed by atoms with E-state index in [-0.39, 0.29) is 0 Å². The first kappa shape index (κ1) is 24.1. The van der Waals surface area contributed by atoms with Gasteiger partial charge in [-0.15, -0.1) is 0 Å². The van der Waals surface area contributed by atoms with Crippen LogP contribution in [0, 0.1) is 0 Å².